The Morgan fingerprint density at radius 1 is 0.895 bits per heavy atom. The predicted molar refractivity (Wildman–Crippen MR) is 74.2 cm³/mol. The Balaban J connectivity index is 2.53. The van der Waals surface area contributed by atoms with Crippen LogP contribution in [-0.4, -0.2) is 0 Å². The number of hydrogen-bond donors (Lipinski definition) is 0. The Hall–Kier alpha value is -2.58. The summed E-state index contributed by atoms with van der Waals surface area (Å²) in [4.78, 5) is 0. The molecule has 19 heavy (non-hydrogen) atoms. The Morgan fingerprint density at radius 3 is 1.89 bits per heavy atom. The number of rotatable bonds is 3. The Morgan fingerprint density at radius 2 is 1.42 bits per heavy atom. The molecule has 0 heterocycles. The van der Waals surface area contributed by atoms with Gasteiger partial charge in [0.15, 0.2) is 0 Å². The van der Waals surface area contributed by atoms with Crippen molar-refractivity contribution < 1.29 is 0 Å². The first-order valence-corrected chi connectivity index (χ1v) is 6.13. The fourth-order valence-electron chi connectivity index (χ4n) is 2.26. The van der Waals surface area contributed by atoms with Crippen LogP contribution < -0.4 is 0 Å². The van der Waals surface area contributed by atoms with Gasteiger partial charge in [0.05, 0.1) is 23.5 Å². The zero-order valence-electron chi connectivity index (χ0n) is 10.7. The summed E-state index contributed by atoms with van der Waals surface area (Å²) in [5.74, 6) is -0.485. The molecule has 0 aliphatic carbocycles. The molecule has 0 saturated carbocycles. The normalized spacial score (nSPS) is 14.7. The van der Waals surface area contributed by atoms with Gasteiger partial charge in [0.25, 0.3) is 0 Å². The molecule has 2 aromatic carbocycles. The van der Waals surface area contributed by atoms with Crippen molar-refractivity contribution in [3.63, 3.8) is 0 Å². The van der Waals surface area contributed by atoms with Crippen LogP contribution in [0, 0.1) is 22.7 Å². The second kappa shape index (κ2) is 5.38. The van der Waals surface area contributed by atoms with Gasteiger partial charge in [-0.3, -0.25) is 0 Å². The molecule has 2 unspecified atom stereocenters. The van der Waals surface area contributed by atoms with Gasteiger partial charge in [-0.15, -0.1) is 0 Å². The SMILES string of the molecule is CC(C#N)(c1ccccc1)C(C#N)c1ccccc1. The van der Waals surface area contributed by atoms with Gasteiger partial charge in [0.2, 0.25) is 0 Å². The van der Waals surface area contributed by atoms with Gasteiger partial charge >= 0.3 is 0 Å². The van der Waals surface area contributed by atoms with Crippen molar-refractivity contribution in [3.05, 3.63) is 71.8 Å². The average molecular weight is 246 g/mol. The van der Waals surface area contributed by atoms with Crippen molar-refractivity contribution in [2.45, 2.75) is 18.3 Å². The van der Waals surface area contributed by atoms with Crippen molar-refractivity contribution in [3.8, 4) is 12.1 Å². The lowest BCUT2D eigenvalue weighted by Gasteiger charge is -2.27. The van der Waals surface area contributed by atoms with E-state index >= 15 is 0 Å². The lowest BCUT2D eigenvalue weighted by molar-refractivity contribution is 0.552. The smallest absolute Gasteiger partial charge is 0.0992 e. The van der Waals surface area contributed by atoms with Crippen LogP contribution in [-0.2, 0) is 5.41 Å². The number of hydrogen-bond acceptors (Lipinski definition) is 2. The molecule has 0 bridgehead atoms. The lowest BCUT2D eigenvalue weighted by Crippen LogP contribution is -2.28. The molecule has 2 aromatic rings. The molecular weight excluding hydrogens is 232 g/mol. The van der Waals surface area contributed by atoms with Gasteiger partial charge in [0.1, 0.15) is 0 Å². The largest absolute Gasteiger partial charge is 0.198 e. The number of nitriles is 2. The topological polar surface area (TPSA) is 47.6 Å². The molecule has 0 amide bonds. The first-order valence-electron chi connectivity index (χ1n) is 6.13. The minimum Gasteiger partial charge on any atom is -0.198 e. The lowest BCUT2D eigenvalue weighted by atomic mass is 9.70. The quantitative estimate of drug-likeness (QED) is 0.827. The van der Waals surface area contributed by atoms with Crippen LogP contribution in [0.25, 0.3) is 0 Å². The fraction of sp³-hybridized carbons (Fsp3) is 0.176. The van der Waals surface area contributed by atoms with Gasteiger partial charge in [-0.1, -0.05) is 60.7 Å². The minimum absolute atomic E-state index is 0.485. The van der Waals surface area contributed by atoms with E-state index in [-0.39, 0.29) is 0 Å². The maximum absolute atomic E-state index is 9.60. The average Bonchev–Trinajstić information content (AvgIpc) is 2.49. The molecule has 2 atom stereocenters. The molecule has 0 saturated heterocycles. The standard InChI is InChI=1S/C17H14N2/c1-17(13-19,15-10-6-3-7-11-15)16(12-18)14-8-4-2-5-9-14/h2-11,16H,1H3. The van der Waals surface area contributed by atoms with Crippen LogP contribution in [0.15, 0.2) is 60.7 Å². The van der Waals surface area contributed by atoms with Crippen molar-refractivity contribution in [2.24, 2.45) is 0 Å². The molecule has 0 aromatic heterocycles. The molecular formula is C17H14N2. The van der Waals surface area contributed by atoms with E-state index in [0.717, 1.165) is 11.1 Å². The van der Waals surface area contributed by atoms with Crippen LogP contribution in [0.3, 0.4) is 0 Å². The van der Waals surface area contributed by atoms with Gasteiger partial charge in [-0.2, -0.15) is 10.5 Å². The third kappa shape index (κ3) is 2.34. The van der Waals surface area contributed by atoms with Crippen molar-refractivity contribution in [2.75, 3.05) is 0 Å². The summed E-state index contributed by atoms with van der Waals surface area (Å²) in [6.07, 6.45) is 0. The molecule has 0 fully saturated rings. The maximum atomic E-state index is 9.60. The van der Waals surface area contributed by atoms with E-state index < -0.39 is 11.3 Å². The van der Waals surface area contributed by atoms with E-state index in [1.165, 1.54) is 0 Å². The molecule has 2 nitrogen and oxygen atoms in total. The maximum Gasteiger partial charge on any atom is 0.0992 e. The zero-order chi connectivity index (χ0) is 13.7. The van der Waals surface area contributed by atoms with Gasteiger partial charge in [-0.25, -0.2) is 0 Å². The van der Waals surface area contributed by atoms with Gasteiger partial charge in [0, 0.05) is 0 Å². The summed E-state index contributed by atoms with van der Waals surface area (Å²) in [6, 6.07) is 23.6. The summed E-state index contributed by atoms with van der Waals surface area (Å²) in [7, 11) is 0. The summed E-state index contributed by atoms with van der Waals surface area (Å²) in [6.45, 7) is 1.82. The summed E-state index contributed by atoms with van der Waals surface area (Å²) >= 11 is 0. The number of benzene rings is 2. The van der Waals surface area contributed by atoms with Crippen LogP contribution >= 0.6 is 0 Å². The van der Waals surface area contributed by atoms with Crippen LogP contribution in [0.2, 0.25) is 0 Å². The molecule has 2 rings (SSSR count). The van der Waals surface area contributed by atoms with Crippen LogP contribution in [0.4, 0.5) is 0 Å². The second-order valence-electron chi connectivity index (χ2n) is 4.65. The highest BCUT2D eigenvalue weighted by atomic mass is 14.4. The molecule has 0 aliphatic rings. The van der Waals surface area contributed by atoms with E-state index in [4.69, 9.17) is 0 Å². The molecule has 0 spiro atoms. The van der Waals surface area contributed by atoms with Gasteiger partial charge < -0.3 is 0 Å². The van der Waals surface area contributed by atoms with E-state index in [1.807, 2.05) is 67.6 Å². The predicted octanol–water partition coefficient (Wildman–Crippen LogP) is 3.78. The molecule has 92 valence electrons. The molecule has 0 N–H and O–H groups in total. The molecule has 0 aliphatic heterocycles. The highest BCUT2D eigenvalue weighted by molar-refractivity contribution is 5.42. The second-order valence-corrected chi connectivity index (χ2v) is 4.65. The Bertz CT molecular complexity index is 620. The molecule has 0 radical (unpaired) electrons. The summed E-state index contributed by atoms with van der Waals surface area (Å²) in [5, 5.41) is 19.1. The number of nitrogens with zero attached hydrogens (tertiary/aromatic N) is 2. The minimum atomic E-state index is -0.850. The van der Waals surface area contributed by atoms with E-state index in [9.17, 15) is 10.5 Å². The van der Waals surface area contributed by atoms with Gasteiger partial charge in [-0.05, 0) is 18.1 Å². The van der Waals surface area contributed by atoms with Crippen molar-refractivity contribution in [1.82, 2.24) is 0 Å². The third-order valence-electron chi connectivity index (χ3n) is 3.45. The summed E-state index contributed by atoms with van der Waals surface area (Å²) in [5.41, 5.74) is 0.892. The first kappa shape index (κ1) is 12.9. The zero-order valence-corrected chi connectivity index (χ0v) is 10.7. The van der Waals surface area contributed by atoms with E-state index in [1.54, 1.807) is 0 Å². The van der Waals surface area contributed by atoms with Crippen molar-refractivity contribution >= 4 is 0 Å². The Kier molecular flexibility index (Phi) is 3.64. The first-order chi connectivity index (χ1) is 9.22. The van der Waals surface area contributed by atoms with Crippen molar-refractivity contribution in [1.29, 1.82) is 10.5 Å². The molecule has 2 heteroatoms. The van der Waals surface area contributed by atoms with Crippen LogP contribution in [0.5, 0.6) is 0 Å². The fourth-order valence-corrected chi connectivity index (χ4v) is 2.26. The highest BCUT2D eigenvalue weighted by Crippen LogP contribution is 2.37. The Labute approximate surface area is 113 Å². The van der Waals surface area contributed by atoms with Crippen LogP contribution in [0.1, 0.15) is 24.0 Å². The highest BCUT2D eigenvalue weighted by Gasteiger charge is 2.37. The monoisotopic (exact) mass is 246 g/mol. The third-order valence-corrected chi connectivity index (χ3v) is 3.45. The van der Waals surface area contributed by atoms with E-state index in [2.05, 4.69) is 12.1 Å². The summed E-state index contributed by atoms with van der Waals surface area (Å²) < 4.78 is 0. The van der Waals surface area contributed by atoms with E-state index in [0.29, 0.717) is 0 Å².